The van der Waals surface area contributed by atoms with Crippen LogP contribution >= 0.6 is 0 Å². The van der Waals surface area contributed by atoms with E-state index < -0.39 is 5.60 Å². The van der Waals surface area contributed by atoms with Gasteiger partial charge in [-0.25, -0.2) is 4.79 Å². The van der Waals surface area contributed by atoms with Gasteiger partial charge in [-0.15, -0.1) is 0 Å². The molecule has 16 heavy (non-hydrogen) atoms. The van der Waals surface area contributed by atoms with Crippen LogP contribution in [0.25, 0.3) is 0 Å². The third-order valence-electron chi connectivity index (χ3n) is 2.60. The first kappa shape index (κ1) is 12.8. The van der Waals surface area contributed by atoms with Crippen molar-refractivity contribution in [1.82, 2.24) is 4.90 Å². The van der Waals surface area contributed by atoms with Gasteiger partial charge in [0.05, 0.1) is 6.07 Å². The van der Waals surface area contributed by atoms with Gasteiger partial charge in [-0.05, 0) is 39.5 Å². The van der Waals surface area contributed by atoms with E-state index in [1.807, 2.05) is 20.8 Å². The largest absolute Gasteiger partial charge is 0.444 e. The quantitative estimate of drug-likeness (QED) is 0.724. The van der Waals surface area contributed by atoms with E-state index in [0.29, 0.717) is 12.3 Å². The molecule has 1 aliphatic rings. The average Bonchev–Trinajstić information content (AvgIpc) is 2.60. The molecule has 90 valence electrons. The molecular weight excluding hydrogens is 204 g/mol. The van der Waals surface area contributed by atoms with Gasteiger partial charge in [0.15, 0.2) is 0 Å². The summed E-state index contributed by atoms with van der Waals surface area (Å²) in [5.74, 6) is 0.465. The van der Waals surface area contributed by atoms with E-state index in [0.717, 1.165) is 25.9 Å². The monoisotopic (exact) mass is 224 g/mol. The van der Waals surface area contributed by atoms with Crippen molar-refractivity contribution in [2.45, 2.75) is 45.6 Å². The first-order valence-corrected chi connectivity index (χ1v) is 5.77. The Morgan fingerprint density at radius 3 is 2.81 bits per heavy atom. The summed E-state index contributed by atoms with van der Waals surface area (Å²) in [6, 6.07) is 2.14. The molecule has 0 saturated carbocycles. The summed E-state index contributed by atoms with van der Waals surface area (Å²) < 4.78 is 5.30. The van der Waals surface area contributed by atoms with Crippen molar-refractivity contribution in [3.63, 3.8) is 0 Å². The number of rotatable bonds is 2. The number of hydrogen-bond donors (Lipinski definition) is 0. The van der Waals surface area contributed by atoms with Crippen LogP contribution in [0.4, 0.5) is 4.79 Å². The van der Waals surface area contributed by atoms with Crippen molar-refractivity contribution < 1.29 is 9.53 Å². The van der Waals surface area contributed by atoms with Crippen molar-refractivity contribution in [3.8, 4) is 6.07 Å². The van der Waals surface area contributed by atoms with Crippen LogP contribution in [0.15, 0.2) is 0 Å². The predicted molar refractivity (Wildman–Crippen MR) is 60.8 cm³/mol. The van der Waals surface area contributed by atoms with E-state index in [4.69, 9.17) is 10.00 Å². The number of carbonyl (C=O) groups excluding carboxylic acids is 1. The molecule has 0 aromatic carbocycles. The predicted octanol–water partition coefficient (Wildman–Crippen LogP) is 2.55. The molecule has 0 bridgehead atoms. The van der Waals surface area contributed by atoms with Crippen molar-refractivity contribution >= 4 is 6.09 Å². The first-order valence-electron chi connectivity index (χ1n) is 5.77. The van der Waals surface area contributed by atoms with E-state index in [1.165, 1.54) is 0 Å². The Morgan fingerprint density at radius 1 is 1.56 bits per heavy atom. The maximum absolute atomic E-state index is 11.7. The summed E-state index contributed by atoms with van der Waals surface area (Å²) in [6.45, 7) is 7.10. The second-order valence-electron chi connectivity index (χ2n) is 5.28. The fraction of sp³-hybridized carbons (Fsp3) is 0.833. The normalized spacial score (nSPS) is 20.6. The second-order valence-corrected chi connectivity index (χ2v) is 5.28. The Kier molecular flexibility index (Phi) is 4.17. The number of carbonyl (C=O) groups is 1. The highest BCUT2D eigenvalue weighted by atomic mass is 16.6. The molecule has 4 nitrogen and oxygen atoms in total. The molecule has 0 spiro atoms. The lowest BCUT2D eigenvalue weighted by molar-refractivity contribution is 0.0288. The smallest absolute Gasteiger partial charge is 0.410 e. The van der Waals surface area contributed by atoms with Crippen molar-refractivity contribution in [2.75, 3.05) is 13.1 Å². The molecule has 1 heterocycles. The van der Waals surface area contributed by atoms with Gasteiger partial charge in [0, 0.05) is 19.5 Å². The van der Waals surface area contributed by atoms with Crippen LogP contribution in [0.5, 0.6) is 0 Å². The molecule has 4 heteroatoms. The third kappa shape index (κ3) is 4.09. The molecule has 0 aliphatic carbocycles. The molecular formula is C12H20N2O2. The highest BCUT2D eigenvalue weighted by molar-refractivity contribution is 5.68. The number of hydrogen-bond acceptors (Lipinski definition) is 3. The van der Waals surface area contributed by atoms with Gasteiger partial charge in [-0.1, -0.05) is 0 Å². The van der Waals surface area contributed by atoms with Crippen LogP contribution in [0.1, 0.15) is 40.0 Å². The summed E-state index contributed by atoms with van der Waals surface area (Å²) in [4.78, 5) is 13.5. The number of likely N-dealkylation sites (tertiary alicyclic amines) is 1. The highest BCUT2D eigenvalue weighted by Gasteiger charge is 2.29. The molecule has 1 aliphatic heterocycles. The van der Waals surface area contributed by atoms with E-state index in [1.54, 1.807) is 4.90 Å². The summed E-state index contributed by atoms with van der Waals surface area (Å²) in [5.41, 5.74) is -0.429. The Balaban J connectivity index is 2.36. The molecule has 1 saturated heterocycles. The van der Waals surface area contributed by atoms with Crippen molar-refractivity contribution in [3.05, 3.63) is 0 Å². The molecule has 1 unspecified atom stereocenters. The maximum Gasteiger partial charge on any atom is 0.410 e. The zero-order valence-electron chi connectivity index (χ0n) is 10.3. The lowest BCUT2D eigenvalue weighted by Gasteiger charge is -2.24. The van der Waals surface area contributed by atoms with E-state index in [2.05, 4.69) is 6.07 Å². The molecule has 0 aromatic heterocycles. The van der Waals surface area contributed by atoms with Gasteiger partial charge in [-0.2, -0.15) is 5.26 Å². The topological polar surface area (TPSA) is 53.3 Å². The fourth-order valence-corrected chi connectivity index (χ4v) is 1.83. The minimum absolute atomic E-state index is 0.230. The molecule has 1 atom stereocenters. The van der Waals surface area contributed by atoms with E-state index >= 15 is 0 Å². The molecule has 0 N–H and O–H groups in total. The Bertz CT molecular complexity index is 288. The minimum atomic E-state index is -0.429. The number of ether oxygens (including phenoxy) is 1. The Labute approximate surface area is 97.2 Å². The molecule has 1 rings (SSSR count). The number of amides is 1. The standard InChI is InChI=1S/C12H20N2O2/c1-12(2,3)16-11(15)14-8-6-10(9-14)5-4-7-13/h10H,4-6,8-9H2,1-3H3. The number of nitrogens with zero attached hydrogens (tertiary/aromatic N) is 2. The van der Waals surface area contributed by atoms with Crippen LogP contribution in [-0.2, 0) is 4.74 Å². The molecule has 1 fully saturated rings. The second kappa shape index (κ2) is 5.20. The first-order chi connectivity index (χ1) is 7.42. The fourth-order valence-electron chi connectivity index (χ4n) is 1.83. The zero-order chi connectivity index (χ0) is 12.2. The summed E-state index contributed by atoms with van der Waals surface area (Å²) in [7, 11) is 0. The van der Waals surface area contributed by atoms with Gasteiger partial charge in [0.1, 0.15) is 5.60 Å². The minimum Gasteiger partial charge on any atom is -0.444 e. The highest BCUT2D eigenvalue weighted by Crippen LogP contribution is 2.22. The third-order valence-corrected chi connectivity index (χ3v) is 2.60. The van der Waals surface area contributed by atoms with Crippen LogP contribution in [0.3, 0.4) is 0 Å². The lowest BCUT2D eigenvalue weighted by Crippen LogP contribution is -2.35. The molecule has 0 radical (unpaired) electrons. The van der Waals surface area contributed by atoms with Crippen LogP contribution in [-0.4, -0.2) is 29.7 Å². The number of nitriles is 1. The summed E-state index contributed by atoms with van der Waals surface area (Å²) in [5, 5.41) is 8.50. The van der Waals surface area contributed by atoms with Gasteiger partial charge >= 0.3 is 6.09 Å². The van der Waals surface area contributed by atoms with Gasteiger partial charge in [0.2, 0.25) is 0 Å². The van der Waals surface area contributed by atoms with Gasteiger partial charge in [0.25, 0.3) is 0 Å². The maximum atomic E-state index is 11.7. The molecule has 1 amide bonds. The zero-order valence-corrected chi connectivity index (χ0v) is 10.3. The van der Waals surface area contributed by atoms with Gasteiger partial charge in [-0.3, -0.25) is 0 Å². The van der Waals surface area contributed by atoms with Crippen LogP contribution in [0, 0.1) is 17.2 Å². The SMILES string of the molecule is CC(C)(C)OC(=O)N1CCC(CCC#N)C1. The summed E-state index contributed by atoms with van der Waals surface area (Å²) >= 11 is 0. The van der Waals surface area contributed by atoms with Gasteiger partial charge < -0.3 is 9.64 Å². The van der Waals surface area contributed by atoms with Crippen LogP contribution < -0.4 is 0 Å². The van der Waals surface area contributed by atoms with E-state index in [-0.39, 0.29) is 6.09 Å². The van der Waals surface area contributed by atoms with E-state index in [9.17, 15) is 4.79 Å². The van der Waals surface area contributed by atoms with Crippen LogP contribution in [0.2, 0.25) is 0 Å². The van der Waals surface area contributed by atoms with Crippen molar-refractivity contribution in [2.24, 2.45) is 5.92 Å². The average molecular weight is 224 g/mol. The Morgan fingerprint density at radius 2 is 2.25 bits per heavy atom. The summed E-state index contributed by atoms with van der Waals surface area (Å²) in [6.07, 6.45) is 2.22. The van der Waals surface area contributed by atoms with Crippen molar-refractivity contribution in [1.29, 1.82) is 5.26 Å². The Hall–Kier alpha value is -1.24. The lowest BCUT2D eigenvalue weighted by atomic mass is 10.0. The molecule has 0 aromatic rings.